The third-order valence-corrected chi connectivity index (χ3v) is 7.05. The van der Waals surface area contributed by atoms with E-state index in [1.165, 1.54) is 5.56 Å². The van der Waals surface area contributed by atoms with E-state index in [1.807, 2.05) is 37.5 Å². The molecule has 0 N–H and O–H groups in total. The molecule has 2 aliphatic heterocycles. The van der Waals surface area contributed by atoms with Gasteiger partial charge in [-0.3, -0.25) is 9.78 Å². The molecule has 1 aliphatic carbocycles. The Morgan fingerprint density at radius 3 is 2.76 bits per heavy atom. The molecule has 0 unspecified atom stereocenters. The van der Waals surface area contributed by atoms with E-state index in [9.17, 15) is 4.79 Å². The van der Waals surface area contributed by atoms with Crippen LogP contribution in [0.4, 0.5) is 0 Å². The van der Waals surface area contributed by atoms with Gasteiger partial charge >= 0.3 is 0 Å². The van der Waals surface area contributed by atoms with Crippen LogP contribution in [-0.2, 0) is 21.4 Å². The first kappa shape index (κ1) is 15.5. The van der Waals surface area contributed by atoms with Gasteiger partial charge in [0, 0.05) is 29.3 Å². The number of aromatic nitrogens is 1. The van der Waals surface area contributed by atoms with Crippen molar-refractivity contribution in [2.75, 3.05) is 0 Å². The van der Waals surface area contributed by atoms with Gasteiger partial charge in [-0.15, -0.1) is 0 Å². The van der Waals surface area contributed by atoms with E-state index in [0.717, 1.165) is 35.4 Å². The Kier molecular flexibility index (Phi) is 3.20. The zero-order valence-corrected chi connectivity index (χ0v) is 14.9. The van der Waals surface area contributed by atoms with Crippen LogP contribution in [0.1, 0.15) is 36.0 Å². The van der Waals surface area contributed by atoms with Crippen LogP contribution in [-0.4, -0.2) is 23.0 Å². The number of hydrogen-bond donors (Lipinski definition) is 0. The summed E-state index contributed by atoms with van der Waals surface area (Å²) in [6.45, 7) is 1.98. The van der Waals surface area contributed by atoms with E-state index < -0.39 is 0 Å². The van der Waals surface area contributed by atoms with Crippen molar-refractivity contribution < 1.29 is 9.53 Å². The van der Waals surface area contributed by atoms with Gasteiger partial charge in [0.2, 0.25) is 0 Å². The van der Waals surface area contributed by atoms with Crippen molar-refractivity contribution in [3.05, 3.63) is 64.4 Å². The highest BCUT2D eigenvalue weighted by Crippen LogP contribution is 2.78. The fraction of sp³-hybridized carbons (Fsp3) is 0.429. The molecule has 0 amide bonds. The van der Waals surface area contributed by atoms with E-state index in [4.69, 9.17) is 16.3 Å². The molecule has 5 rings (SSSR count). The summed E-state index contributed by atoms with van der Waals surface area (Å²) in [5, 5.41) is 0.746. The molecule has 3 heterocycles. The van der Waals surface area contributed by atoms with Gasteiger partial charge in [-0.25, -0.2) is 0 Å². The SMILES string of the molecule is Cc1cc(CC(=O)[C@]23C[C@@]2(c2ccncc2)[C@@H]2CC[C@H]3O2)ccc1Cl. The molecule has 2 saturated heterocycles. The normalized spacial score (nSPS) is 34.8. The molecule has 0 spiro atoms. The fourth-order valence-corrected chi connectivity index (χ4v) is 5.56. The smallest absolute Gasteiger partial charge is 0.147 e. The largest absolute Gasteiger partial charge is 0.373 e. The van der Waals surface area contributed by atoms with Gasteiger partial charge in [0.1, 0.15) is 5.78 Å². The highest BCUT2D eigenvalue weighted by molar-refractivity contribution is 6.31. The summed E-state index contributed by atoms with van der Waals surface area (Å²) in [4.78, 5) is 17.6. The molecule has 1 aromatic heterocycles. The minimum Gasteiger partial charge on any atom is -0.373 e. The second kappa shape index (κ2) is 5.15. The molecular formula is C21H20ClNO2. The predicted octanol–water partition coefficient (Wildman–Crippen LogP) is 4.04. The van der Waals surface area contributed by atoms with Crippen molar-refractivity contribution in [3.63, 3.8) is 0 Å². The molecule has 3 nitrogen and oxygen atoms in total. The number of carbonyl (C=O) groups excluding carboxylic acids is 1. The maximum atomic E-state index is 13.4. The Morgan fingerprint density at radius 1 is 1.24 bits per heavy atom. The summed E-state index contributed by atoms with van der Waals surface area (Å²) in [7, 11) is 0. The second-order valence-corrected chi connectivity index (χ2v) is 8.14. The first-order valence-corrected chi connectivity index (χ1v) is 9.30. The molecule has 1 aromatic carbocycles. The zero-order valence-electron chi connectivity index (χ0n) is 14.2. The van der Waals surface area contributed by atoms with E-state index in [1.54, 1.807) is 0 Å². The average molecular weight is 354 g/mol. The van der Waals surface area contributed by atoms with E-state index in [-0.39, 0.29) is 23.0 Å². The fourth-order valence-electron chi connectivity index (χ4n) is 5.44. The minimum absolute atomic E-state index is 0.0755. The highest BCUT2D eigenvalue weighted by atomic mass is 35.5. The molecule has 1 saturated carbocycles. The van der Waals surface area contributed by atoms with Crippen molar-refractivity contribution in [1.82, 2.24) is 4.98 Å². The van der Waals surface area contributed by atoms with Crippen LogP contribution in [0.25, 0.3) is 0 Å². The lowest BCUT2D eigenvalue weighted by molar-refractivity contribution is -0.126. The number of halogens is 1. The summed E-state index contributed by atoms with van der Waals surface area (Å²) >= 11 is 6.12. The molecular weight excluding hydrogens is 334 g/mol. The number of Topliss-reactive ketones (excluding diaryl/α,β-unsaturated/α-hetero) is 1. The number of benzene rings is 1. The van der Waals surface area contributed by atoms with E-state index >= 15 is 0 Å². The number of aryl methyl sites for hydroxylation is 1. The number of pyridine rings is 1. The maximum absolute atomic E-state index is 13.4. The second-order valence-electron chi connectivity index (χ2n) is 7.73. The third-order valence-electron chi connectivity index (χ3n) is 6.63. The van der Waals surface area contributed by atoms with Gasteiger partial charge < -0.3 is 4.74 Å². The van der Waals surface area contributed by atoms with Crippen molar-refractivity contribution in [2.24, 2.45) is 5.41 Å². The lowest BCUT2D eigenvalue weighted by Crippen LogP contribution is -2.37. The molecule has 25 heavy (non-hydrogen) atoms. The minimum atomic E-state index is -0.342. The Morgan fingerprint density at radius 2 is 2.00 bits per heavy atom. The third kappa shape index (κ3) is 1.91. The van der Waals surface area contributed by atoms with Crippen molar-refractivity contribution >= 4 is 17.4 Å². The molecule has 4 atom stereocenters. The Hall–Kier alpha value is -1.71. The topological polar surface area (TPSA) is 39.2 Å². The van der Waals surface area contributed by atoms with Gasteiger partial charge in [0.15, 0.2) is 0 Å². The Balaban J connectivity index is 1.50. The van der Waals surface area contributed by atoms with Crippen molar-refractivity contribution in [2.45, 2.75) is 50.2 Å². The molecule has 3 fully saturated rings. The van der Waals surface area contributed by atoms with Crippen LogP contribution in [0, 0.1) is 12.3 Å². The maximum Gasteiger partial charge on any atom is 0.147 e. The number of ether oxygens (including phenoxy) is 1. The number of rotatable bonds is 4. The monoisotopic (exact) mass is 353 g/mol. The first-order valence-electron chi connectivity index (χ1n) is 8.92. The van der Waals surface area contributed by atoms with Crippen LogP contribution in [0.15, 0.2) is 42.7 Å². The predicted molar refractivity (Wildman–Crippen MR) is 95.8 cm³/mol. The quantitative estimate of drug-likeness (QED) is 0.832. The highest BCUT2D eigenvalue weighted by Gasteiger charge is 2.84. The summed E-state index contributed by atoms with van der Waals surface area (Å²) < 4.78 is 6.23. The lowest BCUT2D eigenvalue weighted by atomic mass is 9.73. The zero-order chi connectivity index (χ0) is 17.2. The summed E-state index contributed by atoms with van der Waals surface area (Å²) in [6.07, 6.45) is 7.34. The van der Waals surface area contributed by atoms with E-state index in [2.05, 4.69) is 17.1 Å². The van der Waals surface area contributed by atoms with Gasteiger partial charge in [0.25, 0.3) is 0 Å². The number of fused-ring (bicyclic) bond motifs is 5. The van der Waals surface area contributed by atoms with Crippen LogP contribution in [0.3, 0.4) is 0 Å². The van der Waals surface area contributed by atoms with Gasteiger partial charge in [-0.2, -0.15) is 0 Å². The molecule has 3 aliphatic rings. The molecule has 4 heteroatoms. The summed E-state index contributed by atoms with van der Waals surface area (Å²) in [5.41, 5.74) is 2.81. The average Bonchev–Trinajstić information content (AvgIpc) is 3.03. The van der Waals surface area contributed by atoms with Gasteiger partial charge in [-0.1, -0.05) is 23.7 Å². The van der Waals surface area contributed by atoms with E-state index in [0.29, 0.717) is 12.2 Å². The number of ketones is 1. The number of hydrogen-bond acceptors (Lipinski definition) is 3. The van der Waals surface area contributed by atoms with Crippen molar-refractivity contribution in [1.29, 1.82) is 0 Å². The molecule has 128 valence electrons. The van der Waals surface area contributed by atoms with Gasteiger partial charge in [0.05, 0.1) is 17.6 Å². The van der Waals surface area contributed by atoms with Crippen LogP contribution in [0.2, 0.25) is 5.02 Å². The van der Waals surface area contributed by atoms with Crippen molar-refractivity contribution in [3.8, 4) is 0 Å². The lowest BCUT2D eigenvalue weighted by Gasteiger charge is -2.26. The molecule has 2 bridgehead atoms. The Labute approximate surface area is 152 Å². The Bertz CT molecular complexity index is 867. The molecule has 2 aromatic rings. The van der Waals surface area contributed by atoms with Crippen LogP contribution < -0.4 is 0 Å². The standard InChI is InChI=1S/C21H20ClNO2/c1-13-10-14(2-3-16(13)22)11-17(24)21-12-20(21,15-6-8-23-9-7-15)18-4-5-19(21)25-18/h2-3,6-10,18-19H,4-5,11-12H2,1H3/t18-,19+,20+,21-/m0/s1. The summed E-state index contributed by atoms with van der Waals surface area (Å²) in [6, 6.07) is 10.0. The molecule has 0 radical (unpaired) electrons. The van der Waals surface area contributed by atoms with Crippen LogP contribution in [0.5, 0.6) is 0 Å². The number of carbonyl (C=O) groups is 1. The van der Waals surface area contributed by atoms with Gasteiger partial charge in [-0.05, 0) is 61.1 Å². The summed E-state index contributed by atoms with van der Waals surface area (Å²) in [5.74, 6) is 0.318. The van der Waals surface area contributed by atoms with Crippen LogP contribution >= 0.6 is 11.6 Å². The first-order chi connectivity index (χ1) is 12.1. The number of nitrogens with zero attached hydrogens (tertiary/aromatic N) is 1.